The van der Waals surface area contributed by atoms with Crippen molar-refractivity contribution in [2.75, 3.05) is 33.8 Å². The first-order valence-electron chi connectivity index (χ1n) is 10.0. The summed E-state index contributed by atoms with van der Waals surface area (Å²) in [5.41, 5.74) is 2.27. The maximum absolute atomic E-state index is 5.44. The van der Waals surface area contributed by atoms with Crippen LogP contribution in [0.3, 0.4) is 0 Å². The summed E-state index contributed by atoms with van der Waals surface area (Å²) < 4.78 is 7.48. The number of nitrogens with one attached hydrogen (secondary N) is 2. The Bertz CT molecular complexity index is 930. The van der Waals surface area contributed by atoms with Gasteiger partial charge in [-0.2, -0.15) is 0 Å². The molecule has 0 amide bonds. The number of guanidine groups is 1. The Labute approximate surface area is 175 Å². The minimum atomic E-state index is 0.282. The normalized spacial score (nSPS) is 16.3. The zero-order valence-electron chi connectivity index (χ0n) is 17.0. The molecule has 1 saturated heterocycles. The van der Waals surface area contributed by atoms with Gasteiger partial charge in [-0.25, -0.2) is 4.98 Å². The Balaban J connectivity index is 1.40. The van der Waals surface area contributed by atoms with Crippen LogP contribution in [-0.4, -0.2) is 54.0 Å². The summed E-state index contributed by atoms with van der Waals surface area (Å²) in [6.07, 6.45) is 6.59. The van der Waals surface area contributed by atoms with Crippen LogP contribution in [0.1, 0.15) is 30.1 Å². The van der Waals surface area contributed by atoms with E-state index in [1.54, 1.807) is 25.5 Å². The topological polar surface area (TPSA) is 66.2 Å². The van der Waals surface area contributed by atoms with Gasteiger partial charge in [0.05, 0.1) is 25.4 Å². The number of imidazole rings is 1. The molecule has 4 rings (SSSR count). The third-order valence-electron chi connectivity index (χ3n) is 5.33. The number of thiazole rings is 1. The van der Waals surface area contributed by atoms with Crippen LogP contribution in [0.25, 0.3) is 4.96 Å². The number of fused-ring (bicyclic) bond motifs is 1. The first-order valence-corrected chi connectivity index (χ1v) is 10.9. The van der Waals surface area contributed by atoms with Crippen LogP contribution >= 0.6 is 11.3 Å². The number of nitrogens with zero attached hydrogens (tertiary/aromatic N) is 4. The Hall–Kier alpha value is -2.58. The minimum absolute atomic E-state index is 0.282. The smallest absolute Gasteiger partial charge is 0.193 e. The van der Waals surface area contributed by atoms with Crippen molar-refractivity contribution >= 4 is 22.3 Å². The van der Waals surface area contributed by atoms with Crippen molar-refractivity contribution in [3.05, 3.63) is 53.3 Å². The first-order chi connectivity index (χ1) is 14.3. The van der Waals surface area contributed by atoms with Crippen LogP contribution in [-0.2, 0) is 6.54 Å². The molecule has 0 saturated carbocycles. The molecule has 0 spiro atoms. The summed E-state index contributed by atoms with van der Waals surface area (Å²) >= 11 is 1.64. The van der Waals surface area contributed by atoms with Gasteiger partial charge in [0, 0.05) is 31.4 Å². The van der Waals surface area contributed by atoms with Gasteiger partial charge in [0.1, 0.15) is 5.75 Å². The van der Waals surface area contributed by atoms with Crippen molar-refractivity contribution < 1.29 is 4.74 Å². The van der Waals surface area contributed by atoms with Crippen molar-refractivity contribution in [3.8, 4) is 5.75 Å². The highest BCUT2D eigenvalue weighted by molar-refractivity contribution is 7.15. The summed E-state index contributed by atoms with van der Waals surface area (Å²) in [5.74, 6) is 1.68. The fourth-order valence-corrected chi connectivity index (χ4v) is 4.53. The monoisotopic (exact) mass is 412 g/mol. The van der Waals surface area contributed by atoms with E-state index in [0.717, 1.165) is 42.0 Å². The van der Waals surface area contributed by atoms with E-state index in [4.69, 9.17) is 4.74 Å². The van der Waals surface area contributed by atoms with Gasteiger partial charge in [-0.15, -0.1) is 11.3 Å². The van der Waals surface area contributed by atoms with E-state index in [9.17, 15) is 0 Å². The van der Waals surface area contributed by atoms with Gasteiger partial charge in [0.25, 0.3) is 0 Å². The second-order valence-electron chi connectivity index (χ2n) is 7.17. The largest absolute Gasteiger partial charge is 0.497 e. The van der Waals surface area contributed by atoms with Crippen molar-refractivity contribution in [2.45, 2.75) is 25.4 Å². The Morgan fingerprint density at radius 1 is 1.31 bits per heavy atom. The molecule has 1 atom stereocenters. The van der Waals surface area contributed by atoms with Gasteiger partial charge in [-0.1, -0.05) is 12.1 Å². The molecular formula is C21H28N6OS. The lowest BCUT2D eigenvalue weighted by atomic mass is 10.1. The van der Waals surface area contributed by atoms with Crippen molar-refractivity contribution in [3.63, 3.8) is 0 Å². The van der Waals surface area contributed by atoms with Crippen molar-refractivity contribution in [1.82, 2.24) is 24.9 Å². The third kappa shape index (κ3) is 4.71. The van der Waals surface area contributed by atoms with E-state index in [1.165, 1.54) is 18.4 Å². The van der Waals surface area contributed by atoms with Gasteiger partial charge >= 0.3 is 0 Å². The summed E-state index contributed by atoms with van der Waals surface area (Å²) in [6.45, 7) is 3.68. The number of hydrogen-bond acceptors (Lipinski definition) is 5. The highest BCUT2D eigenvalue weighted by Crippen LogP contribution is 2.27. The number of aromatic nitrogens is 2. The van der Waals surface area contributed by atoms with Crippen LogP contribution in [0.4, 0.5) is 0 Å². The van der Waals surface area contributed by atoms with Crippen LogP contribution < -0.4 is 15.4 Å². The number of aliphatic imine (C=N–C) groups is 1. The van der Waals surface area contributed by atoms with Gasteiger partial charge in [-0.3, -0.25) is 14.3 Å². The van der Waals surface area contributed by atoms with E-state index in [-0.39, 0.29) is 6.04 Å². The maximum Gasteiger partial charge on any atom is 0.193 e. The molecule has 0 radical (unpaired) electrons. The van der Waals surface area contributed by atoms with E-state index in [0.29, 0.717) is 6.54 Å². The molecule has 0 bridgehead atoms. The Morgan fingerprint density at radius 3 is 2.93 bits per heavy atom. The molecule has 3 aromatic rings. The fraction of sp³-hybridized carbons (Fsp3) is 0.429. The fourth-order valence-electron chi connectivity index (χ4n) is 3.81. The molecule has 2 N–H and O–H groups in total. The SMILES string of the molecule is CN=C(NCc1cn2ccsc2n1)NCC(c1cccc(OC)c1)N1CCCC1. The Morgan fingerprint density at radius 2 is 2.17 bits per heavy atom. The predicted octanol–water partition coefficient (Wildman–Crippen LogP) is 2.91. The van der Waals surface area contributed by atoms with Crippen molar-refractivity contribution in [1.29, 1.82) is 0 Å². The molecule has 1 aliphatic rings. The van der Waals surface area contributed by atoms with Gasteiger partial charge in [0.2, 0.25) is 0 Å². The molecule has 29 heavy (non-hydrogen) atoms. The first kappa shape index (κ1) is 19.7. The molecule has 3 heterocycles. The maximum atomic E-state index is 5.44. The third-order valence-corrected chi connectivity index (χ3v) is 6.10. The van der Waals surface area contributed by atoms with Crippen LogP contribution in [0.15, 0.2) is 47.0 Å². The molecule has 2 aromatic heterocycles. The van der Waals surface area contributed by atoms with E-state index in [2.05, 4.69) is 49.9 Å². The number of methoxy groups -OCH3 is 1. The standard InChI is InChI=1S/C21H28N6OS/c1-22-20(23-13-17-15-27-10-11-29-21(27)25-17)24-14-19(26-8-3-4-9-26)16-6-5-7-18(12-16)28-2/h5-7,10-12,15,19H,3-4,8-9,13-14H2,1-2H3,(H2,22,23,24). The predicted molar refractivity (Wildman–Crippen MR) is 118 cm³/mol. The van der Waals surface area contributed by atoms with E-state index >= 15 is 0 Å². The van der Waals surface area contributed by atoms with Crippen molar-refractivity contribution in [2.24, 2.45) is 4.99 Å². The lowest BCUT2D eigenvalue weighted by Gasteiger charge is -2.29. The Kier molecular flexibility index (Phi) is 6.31. The number of ether oxygens (including phenoxy) is 1. The highest BCUT2D eigenvalue weighted by Gasteiger charge is 2.24. The summed E-state index contributed by atoms with van der Waals surface area (Å²) in [5, 5.41) is 8.92. The molecule has 8 heteroatoms. The minimum Gasteiger partial charge on any atom is -0.497 e. The quantitative estimate of drug-likeness (QED) is 0.461. The highest BCUT2D eigenvalue weighted by atomic mass is 32.1. The zero-order valence-corrected chi connectivity index (χ0v) is 17.8. The molecule has 1 aromatic carbocycles. The molecule has 1 fully saturated rings. The summed E-state index contributed by atoms with van der Waals surface area (Å²) in [4.78, 5) is 12.6. The van der Waals surface area contributed by atoms with Gasteiger partial charge in [0.15, 0.2) is 10.9 Å². The van der Waals surface area contributed by atoms with Crippen LogP contribution in [0.5, 0.6) is 5.75 Å². The average molecular weight is 413 g/mol. The second-order valence-corrected chi connectivity index (χ2v) is 8.04. The van der Waals surface area contributed by atoms with Crippen LogP contribution in [0, 0.1) is 0 Å². The number of benzene rings is 1. The average Bonchev–Trinajstić information content (AvgIpc) is 3.48. The molecule has 154 valence electrons. The lowest BCUT2D eigenvalue weighted by Crippen LogP contribution is -2.42. The summed E-state index contributed by atoms with van der Waals surface area (Å²) in [7, 11) is 3.52. The van der Waals surface area contributed by atoms with E-state index < -0.39 is 0 Å². The molecule has 1 aliphatic heterocycles. The molecular weight excluding hydrogens is 384 g/mol. The zero-order chi connectivity index (χ0) is 20.1. The number of rotatable bonds is 7. The molecule has 0 aliphatic carbocycles. The van der Waals surface area contributed by atoms with E-state index in [1.807, 2.05) is 22.0 Å². The summed E-state index contributed by atoms with van der Waals surface area (Å²) in [6, 6.07) is 8.66. The second kappa shape index (κ2) is 9.28. The van der Waals surface area contributed by atoms with Gasteiger partial charge in [-0.05, 0) is 43.6 Å². The molecule has 7 nitrogen and oxygen atoms in total. The lowest BCUT2D eigenvalue weighted by molar-refractivity contribution is 0.245. The number of hydrogen-bond donors (Lipinski definition) is 2. The van der Waals surface area contributed by atoms with Gasteiger partial charge < -0.3 is 15.4 Å². The number of likely N-dealkylation sites (tertiary alicyclic amines) is 1. The molecule has 1 unspecified atom stereocenters. The van der Waals surface area contributed by atoms with Crippen LogP contribution in [0.2, 0.25) is 0 Å².